The molecule has 0 atom stereocenters. The van der Waals surface area contributed by atoms with E-state index in [-0.39, 0.29) is 30.0 Å². The average molecular weight is 287 g/mol. The summed E-state index contributed by atoms with van der Waals surface area (Å²) in [4.78, 5) is 32.1. The van der Waals surface area contributed by atoms with Gasteiger partial charge in [-0.2, -0.15) is 0 Å². The van der Waals surface area contributed by atoms with Crippen molar-refractivity contribution in [2.24, 2.45) is 0 Å². The smallest absolute Gasteiger partial charge is 0.303 e. The first kappa shape index (κ1) is 14.9. The molecule has 0 saturated carbocycles. The second kappa shape index (κ2) is 6.69. The van der Waals surface area contributed by atoms with Crippen LogP contribution in [0.4, 0.5) is 5.69 Å². The number of amides is 1. The Morgan fingerprint density at radius 2 is 2.11 bits per heavy atom. The molecule has 0 radical (unpaired) electrons. The van der Waals surface area contributed by atoms with Crippen molar-refractivity contribution in [3.63, 3.8) is 0 Å². The van der Waals surface area contributed by atoms with E-state index >= 15 is 0 Å². The Balaban J connectivity index is 2.74. The van der Waals surface area contributed by atoms with Crippen molar-refractivity contribution >= 4 is 29.2 Å². The monoisotopic (exact) mass is 286 g/mol. The Labute approximate surface area is 113 Å². The van der Waals surface area contributed by atoms with E-state index in [1.807, 2.05) is 0 Å². The van der Waals surface area contributed by atoms with Crippen LogP contribution >= 0.6 is 11.6 Å². The summed E-state index contributed by atoms with van der Waals surface area (Å²) in [7, 11) is 0. The fourth-order valence-electron chi connectivity index (χ4n) is 1.42. The molecule has 0 unspecified atom stereocenters. The van der Waals surface area contributed by atoms with Crippen LogP contribution in [0, 0.1) is 10.1 Å². The molecule has 0 fully saturated rings. The number of nitrogens with zero attached hydrogens (tertiary/aromatic N) is 1. The maximum absolute atomic E-state index is 11.7. The summed E-state index contributed by atoms with van der Waals surface area (Å²) in [5.41, 5.74) is -0.604. The molecule has 0 spiro atoms. The van der Waals surface area contributed by atoms with Gasteiger partial charge in [-0.3, -0.25) is 19.7 Å². The van der Waals surface area contributed by atoms with E-state index < -0.39 is 22.5 Å². The van der Waals surface area contributed by atoms with Gasteiger partial charge in [0.1, 0.15) is 10.6 Å². The standard InChI is InChI=1S/C11H11ClN2O5/c12-8-4-1-3-7(10(8)14(18)19)11(17)13-6-2-5-9(15)16/h1,3-4H,2,5-6H2,(H,13,17)(H,15,16). The number of hydrogen-bond acceptors (Lipinski definition) is 4. The molecule has 0 aliphatic carbocycles. The van der Waals surface area contributed by atoms with Crippen LogP contribution in [0.3, 0.4) is 0 Å². The normalized spacial score (nSPS) is 9.95. The predicted octanol–water partition coefficient (Wildman–Crippen LogP) is 1.84. The highest BCUT2D eigenvalue weighted by Crippen LogP contribution is 2.27. The minimum atomic E-state index is -0.969. The summed E-state index contributed by atoms with van der Waals surface area (Å²) < 4.78 is 0. The lowest BCUT2D eigenvalue weighted by atomic mass is 10.1. The molecule has 2 N–H and O–H groups in total. The SMILES string of the molecule is O=C(O)CCCNC(=O)c1cccc(Cl)c1[N+](=O)[O-]. The van der Waals surface area contributed by atoms with Gasteiger partial charge in [-0.05, 0) is 18.6 Å². The van der Waals surface area contributed by atoms with Gasteiger partial charge in [-0.25, -0.2) is 0 Å². The van der Waals surface area contributed by atoms with Crippen LogP contribution in [0.2, 0.25) is 5.02 Å². The summed E-state index contributed by atoms with van der Waals surface area (Å²) in [6, 6.07) is 4.04. The number of nitro benzene ring substituents is 1. The second-order valence-corrected chi connectivity index (χ2v) is 4.05. The van der Waals surface area contributed by atoms with Crippen molar-refractivity contribution in [2.75, 3.05) is 6.54 Å². The first-order chi connectivity index (χ1) is 8.93. The van der Waals surface area contributed by atoms with Crippen molar-refractivity contribution in [3.8, 4) is 0 Å². The van der Waals surface area contributed by atoms with Gasteiger partial charge in [0.2, 0.25) is 0 Å². The number of rotatable bonds is 6. The summed E-state index contributed by atoms with van der Waals surface area (Å²) >= 11 is 5.67. The number of nitrogens with one attached hydrogen (secondary N) is 1. The fourth-order valence-corrected chi connectivity index (χ4v) is 1.66. The minimum absolute atomic E-state index is 0.0854. The molecule has 0 aromatic heterocycles. The van der Waals surface area contributed by atoms with Crippen molar-refractivity contribution in [1.82, 2.24) is 5.32 Å². The van der Waals surface area contributed by atoms with Crippen molar-refractivity contribution in [1.29, 1.82) is 0 Å². The van der Waals surface area contributed by atoms with E-state index in [9.17, 15) is 19.7 Å². The van der Waals surface area contributed by atoms with E-state index in [0.29, 0.717) is 0 Å². The summed E-state index contributed by atoms with van der Waals surface area (Å²) in [5, 5.41) is 21.5. The highest BCUT2D eigenvalue weighted by atomic mass is 35.5. The topological polar surface area (TPSA) is 110 Å². The van der Waals surface area contributed by atoms with Crippen LogP contribution < -0.4 is 5.32 Å². The summed E-state index contributed by atoms with van der Waals surface area (Å²) in [6.45, 7) is 0.120. The quantitative estimate of drug-likeness (QED) is 0.471. The number of carbonyl (C=O) groups is 2. The number of nitro groups is 1. The Kier molecular flexibility index (Phi) is 5.25. The molecule has 1 aromatic rings. The van der Waals surface area contributed by atoms with Gasteiger partial charge in [-0.15, -0.1) is 0 Å². The van der Waals surface area contributed by atoms with Crippen LogP contribution in [0.5, 0.6) is 0 Å². The first-order valence-electron chi connectivity index (χ1n) is 5.36. The van der Waals surface area contributed by atoms with E-state index in [0.717, 1.165) is 0 Å². The highest BCUT2D eigenvalue weighted by Gasteiger charge is 2.23. The fraction of sp³-hybridized carbons (Fsp3) is 0.273. The molecule has 0 saturated heterocycles. The molecule has 0 aliphatic rings. The largest absolute Gasteiger partial charge is 0.481 e. The molecule has 0 bridgehead atoms. The maximum atomic E-state index is 11.7. The van der Waals surface area contributed by atoms with Gasteiger partial charge < -0.3 is 10.4 Å². The predicted molar refractivity (Wildman–Crippen MR) is 67.3 cm³/mol. The van der Waals surface area contributed by atoms with Crippen LogP contribution in [0.1, 0.15) is 23.2 Å². The number of carboxylic acids is 1. The van der Waals surface area contributed by atoms with Crippen LogP contribution in [0.15, 0.2) is 18.2 Å². The third-order valence-electron chi connectivity index (χ3n) is 2.27. The van der Waals surface area contributed by atoms with Gasteiger partial charge in [0, 0.05) is 13.0 Å². The van der Waals surface area contributed by atoms with Crippen LogP contribution in [-0.2, 0) is 4.79 Å². The lowest BCUT2D eigenvalue weighted by molar-refractivity contribution is -0.385. The first-order valence-corrected chi connectivity index (χ1v) is 5.74. The molecule has 1 amide bonds. The van der Waals surface area contributed by atoms with Crippen molar-refractivity contribution in [3.05, 3.63) is 38.9 Å². The molecular formula is C11H11ClN2O5. The number of benzene rings is 1. The summed E-state index contributed by atoms with van der Waals surface area (Å²) in [6.07, 6.45) is 0.160. The van der Waals surface area contributed by atoms with Crippen molar-refractivity contribution in [2.45, 2.75) is 12.8 Å². The zero-order valence-electron chi connectivity index (χ0n) is 9.76. The molecule has 1 rings (SSSR count). The summed E-state index contributed by atoms with van der Waals surface area (Å²) in [5.74, 6) is -1.62. The third-order valence-corrected chi connectivity index (χ3v) is 2.57. The number of aliphatic carboxylic acids is 1. The minimum Gasteiger partial charge on any atom is -0.481 e. The Morgan fingerprint density at radius 3 is 2.68 bits per heavy atom. The maximum Gasteiger partial charge on any atom is 0.303 e. The Bertz CT molecular complexity index is 518. The van der Waals surface area contributed by atoms with E-state index in [1.54, 1.807) is 0 Å². The Morgan fingerprint density at radius 1 is 1.42 bits per heavy atom. The lowest BCUT2D eigenvalue weighted by Crippen LogP contribution is -2.25. The van der Waals surface area contributed by atoms with Gasteiger partial charge >= 0.3 is 11.7 Å². The molecule has 102 valence electrons. The van der Waals surface area contributed by atoms with E-state index in [4.69, 9.17) is 16.7 Å². The highest BCUT2D eigenvalue weighted by molar-refractivity contribution is 6.33. The molecule has 19 heavy (non-hydrogen) atoms. The van der Waals surface area contributed by atoms with Gasteiger partial charge in [0.25, 0.3) is 5.91 Å². The molecule has 8 heteroatoms. The zero-order chi connectivity index (χ0) is 14.4. The van der Waals surface area contributed by atoms with Gasteiger partial charge in [0.05, 0.1) is 4.92 Å². The van der Waals surface area contributed by atoms with Crippen molar-refractivity contribution < 1.29 is 19.6 Å². The number of para-hydroxylation sites is 1. The number of carboxylic acid groups (broad SMARTS) is 1. The molecule has 0 heterocycles. The zero-order valence-corrected chi connectivity index (χ0v) is 10.5. The van der Waals surface area contributed by atoms with Crippen LogP contribution in [-0.4, -0.2) is 28.5 Å². The Hall–Kier alpha value is -2.15. The number of hydrogen-bond donors (Lipinski definition) is 2. The van der Waals surface area contributed by atoms with E-state index in [2.05, 4.69) is 5.32 Å². The second-order valence-electron chi connectivity index (χ2n) is 3.65. The number of carbonyl (C=O) groups excluding carboxylic acids is 1. The molecule has 1 aromatic carbocycles. The molecular weight excluding hydrogens is 276 g/mol. The van der Waals surface area contributed by atoms with E-state index in [1.165, 1.54) is 18.2 Å². The lowest BCUT2D eigenvalue weighted by Gasteiger charge is -2.05. The van der Waals surface area contributed by atoms with Gasteiger partial charge in [-0.1, -0.05) is 17.7 Å². The third kappa shape index (κ3) is 4.22. The molecule has 7 nitrogen and oxygen atoms in total. The van der Waals surface area contributed by atoms with Crippen LogP contribution in [0.25, 0.3) is 0 Å². The van der Waals surface area contributed by atoms with Gasteiger partial charge in [0.15, 0.2) is 0 Å². The average Bonchev–Trinajstić information content (AvgIpc) is 2.33. The molecule has 0 aliphatic heterocycles. The number of halogens is 1.